The smallest absolute Gasteiger partial charge is 0.213 e. The number of hydrogen-bond acceptors (Lipinski definition) is 4. The molecule has 0 spiro atoms. The van der Waals surface area contributed by atoms with Gasteiger partial charge in [-0.1, -0.05) is 29.8 Å². The van der Waals surface area contributed by atoms with Gasteiger partial charge in [0.25, 0.3) is 0 Å². The lowest BCUT2D eigenvalue weighted by Crippen LogP contribution is -2.40. The standard InChI is InChI=1S/C28H28NO4/c1-18-5-7-19(8-6-18)17-33-28-23-16-29-12-11-21-14-26(31-3)27(32-4)15-22(21)24(29)13-20(23)9-10-25(28)30-2/h5-10,13-16H,11-12,17H2,1-4H3/q+1. The Kier molecular flexibility index (Phi) is 5.55. The summed E-state index contributed by atoms with van der Waals surface area (Å²) in [4.78, 5) is 0. The molecule has 33 heavy (non-hydrogen) atoms. The van der Waals surface area contributed by atoms with Gasteiger partial charge in [0.1, 0.15) is 6.61 Å². The van der Waals surface area contributed by atoms with Gasteiger partial charge in [0.2, 0.25) is 5.69 Å². The van der Waals surface area contributed by atoms with E-state index in [0.717, 1.165) is 58.0 Å². The molecular weight excluding hydrogens is 414 g/mol. The summed E-state index contributed by atoms with van der Waals surface area (Å²) in [6, 6.07) is 18.8. The van der Waals surface area contributed by atoms with Gasteiger partial charge in [-0.25, -0.2) is 0 Å². The third-order valence-corrected chi connectivity index (χ3v) is 6.31. The molecule has 0 unspecified atom stereocenters. The summed E-state index contributed by atoms with van der Waals surface area (Å²) in [5.74, 6) is 3.01. The Morgan fingerprint density at radius 2 is 1.55 bits per heavy atom. The molecule has 0 saturated heterocycles. The van der Waals surface area contributed by atoms with E-state index >= 15 is 0 Å². The summed E-state index contributed by atoms with van der Waals surface area (Å²) >= 11 is 0. The van der Waals surface area contributed by atoms with Crippen molar-refractivity contribution in [3.8, 4) is 34.3 Å². The van der Waals surface area contributed by atoms with Crippen molar-refractivity contribution in [1.82, 2.24) is 0 Å². The van der Waals surface area contributed by atoms with E-state index in [1.165, 1.54) is 16.7 Å². The van der Waals surface area contributed by atoms with E-state index in [9.17, 15) is 0 Å². The normalized spacial score (nSPS) is 12.1. The third kappa shape index (κ3) is 3.84. The zero-order chi connectivity index (χ0) is 22.9. The van der Waals surface area contributed by atoms with Crippen LogP contribution < -0.4 is 23.5 Å². The molecule has 5 heteroatoms. The minimum absolute atomic E-state index is 0.483. The Labute approximate surface area is 194 Å². The number of nitrogens with zero attached hydrogens (tertiary/aromatic N) is 1. The summed E-state index contributed by atoms with van der Waals surface area (Å²) in [5.41, 5.74) is 5.94. The van der Waals surface area contributed by atoms with Crippen LogP contribution in [0.25, 0.3) is 22.0 Å². The molecule has 0 fully saturated rings. The topological polar surface area (TPSA) is 40.8 Å². The first-order valence-electron chi connectivity index (χ1n) is 11.1. The zero-order valence-corrected chi connectivity index (χ0v) is 19.5. The molecule has 0 radical (unpaired) electrons. The van der Waals surface area contributed by atoms with E-state index in [2.05, 4.69) is 66.2 Å². The van der Waals surface area contributed by atoms with Crippen LogP contribution in [0.1, 0.15) is 16.7 Å². The maximum absolute atomic E-state index is 6.32. The van der Waals surface area contributed by atoms with Crippen LogP contribution in [0.4, 0.5) is 0 Å². The summed E-state index contributed by atoms with van der Waals surface area (Å²) in [5, 5.41) is 2.14. The first-order valence-corrected chi connectivity index (χ1v) is 11.1. The number of aryl methyl sites for hydroxylation is 3. The molecule has 4 aromatic rings. The minimum atomic E-state index is 0.483. The Morgan fingerprint density at radius 1 is 0.818 bits per heavy atom. The fraction of sp³-hybridized carbons (Fsp3) is 0.250. The van der Waals surface area contributed by atoms with Crippen LogP contribution in [-0.4, -0.2) is 21.3 Å². The van der Waals surface area contributed by atoms with Crippen LogP contribution in [0, 0.1) is 6.92 Å². The first-order chi connectivity index (χ1) is 16.1. The monoisotopic (exact) mass is 442 g/mol. The number of fused-ring (bicyclic) bond motifs is 4. The Balaban J connectivity index is 1.59. The second-order valence-corrected chi connectivity index (χ2v) is 8.34. The van der Waals surface area contributed by atoms with Crippen molar-refractivity contribution in [2.45, 2.75) is 26.5 Å². The summed E-state index contributed by atoms with van der Waals surface area (Å²) in [6.45, 7) is 3.45. The van der Waals surface area contributed by atoms with Crippen LogP contribution in [0.2, 0.25) is 0 Å². The maximum atomic E-state index is 6.32. The van der Waals surface area contributed by atoms with Gasteiger partial charge < -0.3 is 18.9 Å². The van der Waals surface area contributed by atoms with Crippen LogP contribution in [0.15, 0.2) is 60.8 Å². The highest BCUT2D eigenvalue weighted by Gasteiger charge is 2.27. The molecule has 5 nitrogen and oxygen atoms in total. The molecule has 2 heterocycles. The average Bonchev–Trinajstić information content (AvgIpc) is 2.86. The van der Waals surface area contributed by atoms with Gasteiger partial charge in [-0.3, -0.25) is 0 Å². The second-order valence-electron chi connectivity index (χ2n) is 8.34. The zero-order valence-electron chi connectivity index (χ0n) is 19.5. The van der Waals surface area contributed by atoms with Gasteiger partial charge in [-0.15, -0.1) is 0 Å². The van der Waals surface area contributed by atoms with E-state index in [1.807, 2.05) is 6.07 Å². The predicted molar refractivity (Wildman–Crippen MR) is 128 cm³/mol. The molecule has 0 N–H and O–H groups in total. The number of rotatable bonds is 6. The summed E-state index contributed by atoms with van der Waals surface area (Å²) in [7, 11) is 5.03. The highest BCUT2D eigenvalue weighted by Crippen LogP contribution is 2.40. The van der Waals surface area contributed by atoms with E-state index < -0.39 is 0 Å². The van der Waals surface area contributed by atoms with Gasteiger partial charge in [-0.2, -0.15) is 4.57 Å². The van der Waals surface area contributed by atoms with Crippen LogP contribution in [0.3, 0.4) is 0 Å². The number of methoxy groups -OCH3 is 3. The van der Waals surface area contributed by atoms with Crippen LogP contribution >= 0.6 is 0 Å². The van der Waals surface area contributed by atoms with Crippen molar-refractivity contribution < 1.29 is 23.5 Å². The number of benzene rings is 3. The average molecular weight is 443 g/mol. The Morgan fingerprint density at radius 3 is 2.27 bits per heavy atom. The lowest BCUT2D eigenvalue weighted by molar-refractivity contribution is -0.686. The summed E-state index contributed by atoms with van der Waals surface area (Å²) in [6.07, 6.45) is 3.10. The van der Waals surface area contributed by atoms with Crippen LogP contribution in [-0.2, 0) is 19.6 Å². The Hall–Kier alpha value is -3.73. The van der Waals surface area contributed by atoms with Crippen molar-refractivity contribution in [2.24, 2.45) is 0 Å². The van der Waals surface area contributed by atoms with Gasteiger partial charge in [0.05, 0.1) is 32.3 Å². The van der Waals surface area contributed by atoms with Crippen molar-refractivity contribution in [1.29, 1.82) is 0 Å². The molecule has 0 atom stereocenters. The fourth-order valence-corrected chi connectivity index (χ4v) is 4.48. The van der Waals surface area contributed by atoms with E-state index in [4.69, 9.17) is 18.9 Å². The van der Waals surface area contributed by atoms with Gasteiger partial charge in [-0.05, 0) is 47.7 Å². The van der Waals surface area contributed by atoms with E-state index in [-0.39, 0.29) is 0 Å². The van der Waals surface area contributed by atoms with Gasteiger partial charge >= 0.3 is 0 Å². The molecule has 3 aromatic carbocycles. The second kappa shape index (κ2) is 8.66. The van der Waals surface area contributed by atoms with Crippen molar-refractivity contribution >= 4 is 10.8 Å². The molecule has 5 rings (SSSR count). The van der Waals surface area contributed by atoms with Crippen molar-refractivity contribution in [3.63, 3.8) is 0 Å². The van der Waals surface area contributed by atoms with Crippen molar-refractivity contribution in [3.05, 3.63) is 77.5 Å². The number of aromatic nitrogens is 1. The molecule has 1 aliphatic heterocycles. The quantitative estimate of drug-likeness (QED) is 0.382. The highest BCUT2D eigenvalue weighted by atomic mass is 16.5. The lowest BCUT2D eigenvalue weighted by atomic mass is 9.95. The molecule has 1 aliphatic rings. The molecule has 0 amide bonds. The molecule has 0 bridgehead atoms. The molecule has 168 valence electrons. The highest BCUT2D eigenvalue weighted by molar-refractivity contribution is 5.91. The molecule has 0 aliphatic carbocycles. The minimum Gasteiger partial charge on any atom is -0.493 e. The molecular formula is C28H28NO4+. The predicted octanol–water partition coefficient (Wildman–Crippen LogP) is 5.26. The van der Waals surface area contributed by atoms with Gasteiger partial charge in [0, 0.05) is 12.5 Å². The third-order valence-electron chi connectivity index (χ3n) is 6.31. The van der Waals surface area contributed by atoms with E-state index in [0.29, 0.717) is 6.61 Å². The van der Waals surface area contributed by atoms with Crippen molar-refractivity contribution in [2.75, 3.05) is 21.3 Å². The summed E-state index contributed by atoms with van der Waals surface area (Å²) < 4.78 is 25.3. The van der Waals surface area contributed by atoms with Crippen LogP contribution in [0.5, 0.6) is 23.0 Å². The Bertz CT molecular complexity index is 1330. The van der Waals surface area contributed by atoms with Gasteiger partial charge in [0.15, 0.2) is 35.7 Å². The SMILES string of the molecule is COc1cc2c(cc1OC)-c1cc3ccc(OC)c(OCc4ccc(C)cc4)c3c[n+]1CC2. The number of pyridine rings is 1. The maximum Gasteiger partial charge on any atom is 0.213 e. The number of ether oxygens (including phenoxy) is 4. The number of hydrogen-bond donors (Lipinski definition) is 0. The lowest BCUT2D eigenvalue weighted by Gasteiger charge is -2.19. The molecule has 1 aromatic heterocycles. The van der Waals surface area contributed by atoms with E-state index in [1.54, 1.807) is 21.3 Å². The first kappa shape index (κ1) is 21.1. The largest absolute Gasteiger partial charge is 0.493 e. The fourth-order valence-electron chi connectivity index (χ4n) is 4.48. The molecule has 0 saturated carbocycles.